The highest BCUT2D eigenvalue weighted by molar-refractivity contribution is 5.68. The number of halogens is 3. The van der Waals surface area contributed by atoms with E-state index in [0.29, 0.717) is 26.2 Å². The second-order valence-electron chi connectivity index (χ2n) is 7.95. The van der Waals surface area contributed by atoms with Crippen molar-refractivity contribution in [3.05, 3.63) is 17.2 Å². The van der Waals surface area contributed by atoms with Gasteiger partial charge in [-0.2, -0.15) is 18.4 Å². The molecule has 0 radical (unpaired) electrons. The van der Waals surface area contributed by atoms with Gasteiger partial charge in [-0.15, -0.1) is 0 Å². The SMILES string of the molecule is N#Cc1c(C(F)(F)F)cc(N2C[C@H]3C[C@@H](C2)[C@@H]3CC(=O)O)nc1N1CCCC1. The monoisotopic (exact) mass is 394 g/mol. The first-order chi connectivity index (χ1) is 13.3. The molecule has 6 nitrogen and oxygen atoms in total. The molecular formula is C19H21F3N4O2. The van der Waals surface area contributed by atoms with Gasteiger partial charge in [-0.25, -0.2) is 4.98 Å². The third-order valence-corrected chi connectivity index (χ3v) is 6.27. The molecule has 5 rings (SSSR count). The van der Waals surface area contributed by atoms with Crippen molar-refractivity contribution in [2.45, 2.75) is 31.9 Å². The lowest BCUT2D eigenvalue weighted by molar-refractivity contribution is -0.141. The normalized spacial score (nSPS) is 26.7. The molecule has 1 aromatic rings. The average Bonchev–Trinajstić information content (AvgIpc) is 3.19. The van der Waals surface area contributed by atoms with Crippen LogP contribution in [0.25, 0.3) is 0 Å². The van der Waals surface area contributed by atoms with Gasteiger partial charge in [-0.05, 0) is 43.1 Å². The van der Waals surface area contributed by atoms with Crippen LogP contribution in [0.2, 0.25) is 0 Å². The van der Waals surface area contributed by atoms with E-state index in [1.54, 1.807) is 11.0 Å². The Balaban J connectivity index is 1.67. The standard InChI is InChI=1S/C19H21F3N4O2/c20-19(21,22)15-7-16(24-18(14(15)8-23)25-3-1-2-4-25)26-9-11-5-12(10-26)13(11)6-17(27)28/h7,11-13H,1-6,9-10H2,(H,27,28)/t11-,12+,13-. The van der Waals surface area contributed by atoms with E-state index in [4.69, 9.17) is 5.11 Å². The Morgan fingerprint density at radius 3 is 2.43 bits per heavy atom. The van der Waals surface area contributed by atoms with E-state index in [1.807, 2.05) is 4.90 Å². The summed E-state index contributed by atoms with van der Waals surface area (Å²) in [6.45, 7) is 2.19. The molecule has 9 heteroatoms. The Morgan fingerprint density at radius 2 is 1.89 bits per heavy atom. The highest BCUT2D eigenvalue weighted by atomic mass is 19.4. The van der Waals surface area contributed by atoms with Crippen LogP contribution in [-0.4, -0.2) is 42.2 Å². The molecule has 0 aromatic carbocycles. The van der Waals surface area contributed by atoms with Crippen LogP contribution >= 0.6 is 0 Å². The highest BCUT2D eigenvalue weighted by Gasteiger charge is 2.48. The van der Waals surface area contributed by atoms with E-state index >= 15 is 0 Å². The summed E-state index contributed by atoms with van der Waals surface area (Å²) < 4.78 is 41.0. The summed E-state index contributed by atoms with van der Waals surface area (Å²) in [5.74, 6) is -0.0656. The maximum Gasteiger partial charge on any atom is 0.417 e. The van der Waals surface area contributed by atoms with Gasteiger partial charge < -0.3 is 14.9 Å². The molecule has 28 heavy (non-hydrogen) atoms. The van der Waals surface area contributed by atoms with Gasteiger partial charge in [-0.3, -0.25) is 4.79 Å². The van der Waals surface area contributed by atoms with Gasteiger partial charge in [0, 0.05) is 32.6 Å². The van der Waals surface area contributed by atoms with Crippen molar-refractivity contribution in [1.29, 1.82) is 5.26 Å². The summed E-state index contributed by atoms with van der Waals surface area (Å²) in [7, 11) is 0. The van der Waals surface area contributed by atoms with Gasteiger partial charge in [-0.1, -0.05) is 0 Å². The number of piperidine rings is 2. The topological polar surface area (TPSA) is 80.5 Å². The van der Waals surface area contributed by atoms with Crippen molar-refractivity contribution in [1.82, 2.24) is 4.98 Å². The fraction of sp³-hybridized carbons (Fsp3) is 0.632. The maximum atomic E-state index is 13.7. The molecule has 150 valence electrons. The number of aliphatic carboxylic acids is 1. The van der Waals surface area contributed by atoms with Crippen LogP contribution in [0, 0.1) is 29.1 Å². The van der Waals surface area contributed by atoms with Crippen LogP contribution in [0.3, 0.4) is 0 Å². The molecule has 3 atom stereocenters. The Bertz CT molecular complexity index is 818. The van der Waals surface area contributed by atoms with Crippen LogP contribution in [0.1, 0.15) is 36.8 Å². The molecule has 4 heterocycles. The smallest absolute Gasteiger partial charge is 0.417 e. The number of pyridine rings is 1. The molecule has 1 aromatic heterocycles. The number of alkyl halides is 3. The first-order valence-corrected chi connectivity index (χ1v) is 9.52. The van der Waals surface area contributed by atoms with E-state index < -0.39 is 23.3 Å². The van der Waals surface area contributed by atoms with Crippen molar-refractivity contribution < 1.29 is 23.1 Å². The minimum absolute atomic E-state index is 0.0901. The van der Waals surface area contributed by atoms with Crippen molar-refractivity contribution in [3.63, 3.8) is 0 Å². The largest absolute Gasteiger partial charge is 0.481 e. The zero-order valence-corrected chi connectivity index (χ0v) is 15.2. The predicted molar refractivity (Wildman–Crippen MR) is 95.0 cm³/mol. The Labute approximate surface area is 160 Å². The zero-order chi connectivity index (χ0) is 20.1. The molecule has 1 aliphatic carbocycles. The Kier molecular flexibility index (Phi) is 4.60. The molecule has 4 fully saturated rings. The summed E-state index contributed by atoms with van der Waals surface area (Å²) in [6.07, 6.45) is -1.89. The molecule has 3 aliphatic heterocycles. The average molecular weight is 394 g/mol. The number of carboxylic acid groups (broad SMARTS) is 1. The van der Waals surface area contributed by atoms with E-state index in [-0.39, 0.29) is 35.8 Å². The molecule has 1 N–H and O–H groups in total. The molecule has 1 saturated carbocycles. The molecule has 0 unspecified atom stereocenters. The molecule has 3 saturated heterocycles. The minimum atomic E-state index is -4.64. The zero-order valence-electron chi connectivity index (χ0n) is 15.2. The fourth-order valence-corrected chi connectivity index (χ4v) is 4.88. The fourth-order valence-electron chi connectivity index (χ4n) is 4.88. The van der Waals surface area contributed by atoms with Gasteiger partial charge in [0.1, 0.15) is 23.3 Å². The van der Waals surface area contributed by atoms with Crippen LogP contribution in [0.5, 0.6) is 0 Å². The van der Waals surface area contributed by atoms with Gasteiger partial charge in [0.2, 0.25) is 0 Å². The molecule has 2 bridgehead atoms. The number of carboxylic acids is 1. The first-order valence-electron chi connectivity index (χ1n) is 9.52. The lowest BCUT2D eigenvalue weighted by Crippen LogP contribution is -2.56. The van der Waals surface area contributed by atoms with Gasteiger partial charge >= 0.3 is 12.1 Å². The van der Waals surface area contributed by atoms with E-state index in [2.05, 4.69) is 4.98 Å². The summed E-state index contributed by atoms with van der Waals surface area (Å²) in [4.78, 5) is 19.1. The number of rotatable bonds is 4. The third kappa shape index (κ3) is 3.25. The number of nitriles is 1. The van der Waals surface area contributed by atoms with Crippen molar-refractivity contribution in [2.24, 2.45) is 17.8 Å². The lowest BCUT2D eigenvalue weighted by Gasteiger charge is -2.53. The maximum absolute atomic E-state index is 13.7. The van der Waals surface area contributed by atoms with Gasteiger partial charge in [0.15, 0.2) is 0 Å². The number of anilines is 2. The van der Waals surface area contributed by atoms with Crippen molar-refractivity contribution >= 4 is 17.6 Å². The number of hydrogen-bond acceptors (Lipinski definition) is 5. The minimum Gasteiger partial charge on any atom is -0.481 e. The molecule has 0 spiro atoms. The van der Waals surface area contributed by atoms with E-state index in [1.165, 1.54) is 0 Å². The number of nitrogens with zero attached hydrogens (tertiary/aromatic N) is 4. The van der Waals surface area contributed by atoms with Crippen LogP contribution < -0.4 is 9.80 Å². The van der Waals surface area contributed by atoms with Crippen LogP contribution in [0.15, 0.2) is 6.07 Å². The molecule has 0 amide bonds. The van der Waals surface area contributed by atoms with Gasteiger partial charge in [0.25, 0.3) is 0 Å². The summed E-state index contributed by atoms with van der Waals surface area (Å²) >= 11 is 0. The summed E-state index contributed by atoms with van der Waals surface area (Å²) in [5.41, 5.74) is -1.35. The van der Waals surface area contributed by atoms with Gasteiger partial charge in [0.05, 0.1) is 5.56 Å². The summed E-state index contributed by atoms with van der Waals surface area (Å²) in [5, 5.41) is 18.4. The number of aromatic nitrogens is 1. The Morgan fingerprint density at radius 1 is 1.25 bits per heavy atom. The summed E-state index contributed by atoms with van der Waals surface area (Å²) in [6, 6.07) is 2.70. The van der Waals surface area contributed by atoms with Crippen LogP contribution in [-0.2, 0) is 11.0 Å². The number of hydrogen-bond donors (Lipinski definition) is 1. The highest BCUT2D eigenvalue weighted by Crippen LogP contribution is 2.48. The molecule has 4 aliphatic rings. The Hall–Kier alpha value is -2.50. The second-order valence-corrected chi connectivity index (χ2v) is 7.95. The third-order valence-electron chi connectivity index (χ3n) is 6.27. The van der Waals surface area contributed by atoms with Crippen molar-refractivity contribution in [3.8, 4) is 6.07 Å². The van der Waals surface area contributed by atoms with E-state index in [0.717, 1.165) is 25.3 Å². The lowest BCUT2D eigenvalue weighted by atomic mass is 9.60. The number of carbonyl (C=O) groups is 1. The predicted octanol–water partition coefficient (Wildman–Crippen LogP) is 3.12. The quantitative estimate of drug-likeness (QED) is 0.845. The van der Waals surface area contributed by atoms with Crippen LogP contribution in [0.4, 0.5) is 24.8 Å². The molecular weight excluding hydrogens is 373 g/mol. The first kappa shape index (κ1) is 18.8. The van der Waals surface area contributed by atoms with E-state index in [9.17, 15) is 23.2 Å². The second kappa shape index (κ2) is 6.83. The number of fused-ring (bicyclic) bond motifs is 2. The van der Waals surface area contributed by atoms with Crippen molar-refractivity contribution in [2.75, 3.05) is 36.0 Å².